The second-order valence-electron chi connectivity index (χ2n) is 20.1. The Morgan fingerprint density at radius 3 is 0.930 bits per heavy atom. The Labute approximate surface area is 420 Å². The van der Waals surface area contributed by atoms with Crippen molar-refractivity contribution in [1.82, 2.24) is 0 Å². The van der Waals surface area contributed by atoms with Gasteiger partial charge in [-0.05, 0) is 147 Å². The van der Waals surface area contributed by atoms with Gasteiger partial charge in [0.15, 0.2) is 46.5 Å². The monoisotopic (exact) mass is 987 g/mol. The fourth-order valence-corrected chi connectivity index (χ4v) is 10.5. The standard InChI is InChI=1S/C18H24F2.C16H20F2.C15H18F2.C14H16F2/c1-2-3-4-5-7-14-10-12-15(13-11-14)16-8-6-9-17(19)18(16)20;1-2-3-5-12-8-10-13(11-9-12)14-6-4-7-15(17)16(14)18;1-2-4-11-7-9-12(10-8-11)13-5-3-6-14(16)15(13)17;1-2-10-6-8-11(9-7-10)12-4-3-5-13(15)14(12)16/h6,8-9,12,14H,2-5,7,10-11,13H2,1H3;4,6-7,10,12H,2-3,5,8-9,11H2,1H3;3,5-6,9,11H,2,4,7-8,10H2,1H3;3-5,8,10H,2,6-7,9H2,1H3. The van der Waals surface area contributed by atoms with E-state index in [4.69, 9.17) is 0 Å². The lowest BCUT2D eigenvalue weighted by atomic mass is 9.83. The molecule has 0 aliphatic heterocycles. The van der Waals surface area contributed by atoms with Crippen LogP contribution in [0.5, 0.6) is 0 Å². The highest BCUT2D eigenvalue weighted by Gasteiger charge is 2.22. The number of benzene rings is 4. The first kappa shape index (κ1) is 57.2. The Morgan fingerprint density at radius 1 is 0.338 bits per heavy atom. The Hall–Kier alpha value is -4.72. The van der Waals surface area contributed by atoms with Crippen molar-refractivity contribution in [3.63, 3.8) is 0 Å². The largest absolute Gasteiger partial charge is 0.204 e. The van der Waals surface area contributed by atoms with Gasteiger partial charge in [0.1, 0.15) is 0 Å². The first-order chi connectivity index (χ1) is 34.4. The van der Waals surface area contributed by atoms with Gasteiger partial charge < -0.3 is 0 Å². The van der Waals surface area contributed by atoms with Crippen LogP contribution in [0.25, 0.3) is 22.3 Å². The lowest BCUT2D eigenvalue weighted by Gasteiger charge is -2.22. The SMILES string of the molecule is CCC1CC=C(c2cccc(F)c2F)CC1.CCCC1CC=C(c2cccc(F)c2F)CC1.CCCCC1CC=C(c2cccc(F)c2F)CC1.CCCCCCC1CC=C(c2cccc(F)c2F)CC1. The Balaban J connectivity index is 0.000000177. The summed E-state index contributed by atoms with van der Waals surface area (Å²) in [6, 6.07) is 17.7. The van der Waals surface area contributed by atoms with Gasteiger partial charge >= 0.3 is 0 Å². The van der Waals surface area contributed by atoms with Crippen molar-refractivity contribution in [2.75, 3.05) is 0 Å². The summed E-state index contributed by atoms with van der Waals surface area (Å²) >= 11 is 0. The third-order valence-corrected chi connectivity index (χ3v) is 15.0. The number of allylic oxidation sites excluding steroid dienone is 8. The van der Waals surface area contributed by atoms with Crippen molar-refractivity contribution >= 4 is 22.3 Å². The molecule has 386 valence electrons. The molecule has 4 aromatic rings. The molecule has 0 heterocycles. The molecule has 4 atom stereocenters. The smallest absolute Gasteiger partial charge is 0.166 e. The molecule has 0 spiro atoms. The van der Waals surface area contributed by atoms with E-state index in [9.17, 15) is 35.1 Å². The maximum atomic E-state index is 13.8. The molecule has 4 aliphatic carbocycles. The average Bonchev–Trinajstić information content (AvgIpc) is 3.39. The van der Waals surface area contributed by atoms with Gasteiger partial charge in [-0.3, -0.25) is 0 Å². The maximum Gasteiger partial charge on any atom is 0.166 e. The third kappa shape index (κ3) is 17.5. The van der Waals surface area contributed by atoms with Gasteiger partial charge in [0.25, 0.3) is 0 Å². The number of halogens is 8. The predicted molar refractivity (Wildman–Crippen MR) is 280 cm³/mol. The fourth-order valence-electron chi connectivity index (χ4n) is 10.5. The van der Waals surface area contributed by atoms with E-state index in [1.807, 2.05) is 0 Å². The number of rotatable bonds is 15. The van der Waals surface area contributed by atoms with Crippen LogP contribution in [0, 0.1) is 70.2 Å². The van der Waals surface area contributed by atoms with Gasteiger partial charge in [0.05, 0.1) is 0 Å². The molecule has 0 fully saturated rings. The van der Waals surface area contributed by atoms with Gasteiger partial charge in [0, 0.05) is 22.3 Å². The molecule has 0 bridgehead atoms. The maximum absolute atomic E-state index is 13.8. The lowest BCUT2D eigenvalue weighted by Crippen LogP contribution is -2.06. The van der Waals surface area contributed by atoms with Crippen molar-refractivity contribution in [2.45, 2.75) is 175 Å². The van der Waals surface area contributed by atoms with Gasteiger partial charge in [-0.15, -0.1) is 0 Å². The van der Waals surface area contributed by atoms with Gasteiger partial charge in [-0.1, -0.05) is 171 Å². The fraction of sp³-hybridized carbons (Fsp3) is 0.492. The van der Waals surface area contributed by atoms with E-state index in [1.165, 1.54) is 82.4 Å². The second-order valence-corrected chi connectivity index (χ2v) is 20.1. The summed E-state index contributed by atoms with van der Waals surface area (Å²) in [6.07, 6.45) is 34.0. The Morgan fingerprint density at radius 2 is 0.648 bits per heavy atom. The highest BCUT2D eigenvalue weighted by Crippen LogP contribution is 2.37. The third-order valence-electron chi connectivity index (χ3n) is 15.0. The molecule has 0 amide bonds. The summed E-state index contributed by atoms with van der Waals surface area (Å²) in [6.45, 7) is 8.78. The number of unbranched alkanes of at least 4 members (excludes halogenated alkanes) is 4. The molecule has 0 saturated carbocycles. The quantitative estimate of drug-likeness (QED) is 0.0822. The van der Waals surface area contributed by atoms with Gasteiger partial charge in [0.2, 0.25) is 0 Å². The topological polar surface area (TPSA) is 0 Å². The Kier molecular flexibility index (Phi) is 24.4. The van der Waals surface area contributed by atoms with Gasteiger partial charge in [-0.25, -0.2) is 35.1 Å². The van der Waals surface area contributed by atoms with Crippen molar-refractivity contribution in [3.05, 3.63) is 166 Å². The highest BCUT2D eigenvalue weighted by atomic mass is 19.2. The molecule has 0 radical (unpaired) electrons. The van der Waals surface area contributed by atoms with Crippen LogP contribution in [-0.2, 0) is 0 Å². The minimum atomic E-state index is -0.754. The highest BCUT2D eigenvalue weighted by molar-refractivity contribution is 5.69. The molecule has 4 unspecified atom stereocenters. The van der Waals surface area contributed by atoms with E-state index in [0.29, 0.717) is 28.2 Å². The van der Waals surface area contributed by atoms with Crippen molar-refractivity contribution in [2.24, 2.45) is 23.7 Å². The van der Waals surface area contributed by atoms with Crippen LogP contribution in [0.4, 0.5) is 35.1 Å². The zero-order valence-electron chi connectivity index (χ0n) is 42.8. The number of hydrogen-bond donors (Lipinski definition) is 0. The van der Waals surface area contributed by atoms with Crippen molar-refractivity contribution in [1.29, 1.82) is 0 Å². The predicted octanol–water partition coefficient (Wildman–Crippen LogP) is 21.0. The zero-order chi connectivity index (χ0) is 51.1. The van der Waals surface area contributed by atoms with Gasteiger partial charge in [-0.2, -0.15) is 0 Å². The lowest BCUT2D eigenvalue weighted by molar-refractivity contribution is 0.424. The molecular weight excluding hydrogens is 909 g/mol. The summed E-state index contributed by atoms with van der Waals surface area (Å²) < 4.78 is 107. The first-order valence-corrected chi connectivity index (χ1v) is 26.9. The summed E-state index contributed by atoms with van der Waals surface area (Å²) in [5.41, 5.74) is 5.66. The molecular formula is C63H78F8. The van der Waals surface area contributed by atoms with Crippen LogP contribution in [0.3, 0.4) is 0 Å². The molecule has 8 rings (SSSR count). The van der Waals surface area contributed by atoms with E-state index in [-0.39, 0.29) is 0 Å². The molecule has 8 heteroatoms. The minimum Gasteiger partial charge on any atom is -0.204 e. The van der Waals surface area contributed by atoms with Crippen LogP contribution < -0.4 is 0 Å². The zero-order valence-corrected chi connectivity index (χ0v) is 42.8. The molecule has 71 heavy (non-hydrogen) atoms. The summed E-state index contributed by atoms with van der Waals surface area (Å²) in [5, 5.41) is 0. The molecule has 4 aliphatic rings. The van der Waals surface area contributed by atoms with E-state index in [2.05, 4.69) is 52.0 Å². The normalized spacial score (nSPS) is 19.8. The first-order valence-electron chi connectivity index (χ1n) is 26.9. The molecule has 0 saturated heterocycles. The molecule has 0 aromatic heterocycles. The summed E-state index contributed by atoms with van der Waals surface area (Å²) in [4.78, 5) is 0. The van der Waals surface area contributed by atoms with E-state index >= 15 is 0 Å². The van der Waals surface area contributed by atoms with E-state index in [1.54, 1.807) is 48.5 Å². The van der Waals surface area contributed by atoms with Crippen LogP contribution in [-0.4, -0.2) is 0 Å². The van der Waals surface area contributed by atoms with Crippen LogP contribution >= 0.6 is 0 Å². The van der Waals surface area contributed by atoms with Crippen LogP contribution in [0.15, 0.2) is 97.1 Å². The molecule has 4 aromatic carbocycles. The Bertz CT molecular complexity index is 2390. The summed E-state index contributed by atoms with van der Waals surface area (Å²) in [7, 11) is 0. The summed E-state index contributed by atoms with van der Waals surface area (Å²) in [5.74, 6) is -2.91. The number of hydrogen-bond acceptors (Lipinski definition) is 0. The molecule has 0 N–H and O–H groups in total. The molecule has 0 nitrogen and oxygen atoms in total. The van der Waals surface area contributed by atoms with Crippen LogP contribution in [0.2, 0.25) is 0 Å². The average molecular weight is 987 g/mol. The van der Waals surface area contributed by atoms with Crippen molar-refractivity contribution in [3.8, 4) is 0 Å². The van der Waals surface area contributed by atoms with E-state index in [0.717, 1.165) is 130 Å². The van der Waals surface area contributed by atoms with Crippen LogP contribution in [0.1, 0.15) is 198 Å². The van der Waals surface area contributed by atoms with E-state index < -0.39 is 46.5 Å². The second kappa shape index (κ2) is 30.3. The minimum absolute atomic E-state index is 0.439. The van der Waals surface area contributed by atoms with Crippen molar-refractivity contribution < 1.29 is 35.1 Å².